The number of piperazine rings is 1. The van der Waals surface area contributed by atoms with Gasteiger partial charge in [-0.05, 0) is 49.4 Å². The summed E-state index contributed by atoms with van der Waals surface area (Å²) in [6, 6.07) is 13.3. The normalized spacial score (nSPS) is 16.5. The summed E-state index contributed by atoms with van der Waals surface area (Å²) in [6.07, 6.45) is 0. The number of anilines is 1. The zero-order chi connectivity index (χ0) is 19.8. The SMILES string of the molecule is CC(c1nc2ccc(Cl)cc2c(=O)n1C)N1CCN(c2ccc(Cl)cc2)CC1. The monoisotopic (exact) mass is 416 g/mol. The van der Waals surface area contributed by atoms with E-state index in [0.29, 0.717) is 15.9 Å². The van der Waals surface area contributed by atoms with Crippen molar-refractivity contribution in [3.8, 4) is 0 Å². The molecule has 0 aliphatic carbocycles. The third kappa shape index (κ3) is 3.62. The molecule has 0 radical (unpaired) electrons. The van der Waals surface area contributed by atoms with Gasteiger partial charge in [-0.3, -0.25) is 14.3 Å². The second kappa shape index (κ2) is 7.74. The van der Waals surface area contributed by atoms with Crippen molar-refractivity contribution in [2.24, 2.45) is 7.05 Å². The van der Waals surface area contributed by atoms with Crippen LogP contribution in [0.1, 0.15) is 18.8 Å². The van der Waals surface area contributed by atoms with Crippen LogP contribution in [0.5, 0.6) is 0 Å². The van der Waals surface area contributed by atoms with E-state index in [0.717, 1.165) is 37.0 Å². The summed E-state index contributed by atoms with van der Waals surface area (Å²) in [5, 5.41) is 1.85. The first-order valence-corrected chi connectivity index (χ1v) is 10.1. The molecule has 146 valence electrons. The van der Waals surface area contributed by atoms with Gasteiger partial charge in [0.05, 0.1) is 16.9 Å². The molecule has 1 atom stereocenters. The average molecular weight is 417 g/mol. The van der Waals surface area contributed by atoms with Gasteiger partial charge in [0.2, 0.25) is 0 Å². The molecule has 0 spiro atoms. The fourth-order valence-corrected chi connectivity index (χ4v) is 4.11. The van der Waals surface area contributed by atoms with Crippen molar-refractivity contribution in [1.29, 1.82) is 0 Å². The Balaban J connectivity index is 1.55. The zero-order valence-electron chi connectivity index (χ0n) is 15.9. The van der Waals surface area contributed by atoms with Gasteiger partial charge in [0.25, 0.3) is 5.56 Å². The Bertz CT molecular complexity index is 1060. The summed E-state index contributed by atoms with van der Waals surface area (Å²) in [5.74, 6) is 0.778. The molecule has 1 aliphatic rings. The second-order valence-corrected chi connectivity index (χ2v) is 8.04. The third-order valence-corrected chi connectivity index (χ3v) is 5.99. The first-order chi connectivity index (χ1) is 13.4. The number of rotatable bonds is 3. The molecule has 1 aliphatic heterocycles. The van der Waals surface area contributed by atoms with Crippen molar-refractivity contribution in [3.05, 3.63) is 68.7 Å². The van der Waals surface area contributed by atoms with Gasteiger partial charge in [-0.25, -0.2) is 4.98 Å². The van der Waals surface area contributed by atoms with Crippen LogP contribution in [0.2, 0.25) is 10.0 Å². The van der Waals surface area contributed by atoms with E-state index in [-0.39, 0.29) is 11.6 Å². The summed E-state index contributed by atoms with van der Waals surface area (Å²) in [6.45, 7) is 5.75. The Morgan fingerprint density at radius 1 is 0.964 bits per heavy atom. The lowest BCUT2D eigenvalue weighted by Crippen LogP contribution is -2.48. The molecule has 0 amide bonds. The quantitative estimate of drug-likeness (QED) is 0.643. The van der Waals surface area contributed by atoms with Gasteiger partial charge < -0.3 is 4.90 Å². The van der Waals surface area contributed by atoms with Crippen molar-refractivity contribution in [3.63, 3.8) is 0 Å². The van der Waals surface area contributed by atoms with Crippen LogP contribution in [0.4, 0.5) is 5.69 Å². The van der Waals surface area contributed by atoms with Crippen LogP contribution in [-0.2, 0) is 7.05 Å². The number of hydrogen-bond acceptors (Lipinski definition) is 4. The van der Waals surface area contributed by atoms with Gasteiger partial charge in [-0.1, -0.05) is 23.2 Å². The first kappa shape index (κ1) is 19.2. The van der Waals surface area contributed by atoms with Crippen molar-refractivity contribution < 1.29 is 0 Å². The van der Waals surface area contributed by atoms with E-state index < -0.39 is 0 Å². The summed E-state index contributed by atoms with van der Waals surface area (Å²) in [7, 11) is 1.78. The number of benzene rings is 2. The predicted molar refractivity (Wildman–Crippen MR) is 116 cm³/mol. The molecule has 1 fully saturated rings. The predicted octanol–water partition coefficient (Wildman–Crippen LogP) is 4.12. The number of nitrogens with zero attached hydrogens (tertiary/aromatic N) is 4. The van der Waals surface area contributed by atoms with E-state index in [9.17, 15) is 4.79 Å². The largest absolute Gasteiger partial charge is 0.369 e. The molecule has 2 aromatic carbocycles. The van der Waals surface area contributed by atoms with Crippen LogP contribution in [0.25, 0.3) is 10.9 Å². The molecule has 4 rings (SSSR count). The number of halogens is 2. The van der Waals surface area contributed by atoms with Crippen LogP contribution in [0, 0.1) is 0 Å². The molecule has 1 aromatic heterocycles. The minimum Gasteiger partial charge on any atom is -0.369 e. The standard InChI is InChI=1S/C21H22Cl2N4O/c1-14(20-24-19-8-5-16(23)13-18(19)21(28)25(20)2)26-9-11-27(12-10-26)17-6-3-15(22)4-7-17/h3-8,13-14H,9-12H2,1-2H3. The summed E-state index contributed by atoms with van der Waals surface area (Å²) < 4.78 is 1.65. The lowest BCUT2D eigenvalue weighted by atomic mass is 10.1. The molecule has 3 aromatic rings. The Morgan fingerprint density at radius 3 is 2.29 bits per heavy atom. The van der Waals surface area contributed by atoms with E-state index in [4.69, 9.17) is 28.2 Å². The Morgan fingerprint density at radius 2 is 1.61 bits per heavy atom. The average Bonchev–Trinajstić information content (AvgIpc) is 2.71. The van der Waals surface area contributed by atoms with Crippen molar-refractivity contribution in [2.75, 3.05) is 31.1 Å². The molecule has 28 heavy (non-hydrogen) atoms. The van der Waals surface area contributed by atoms with Crippen molar-refractivity contribution >= 4 is 39.8 Å². The molecule has 0 saturated carbocycles. The minimum absolute atomic E-state index is 0.0464. The van der Waals surface area contributed by atoms with Gasteiger partial charge in [0.15, 0.2) is 0 Å². The molecular formula is C21H22Cl2N4O. The highest BCUT2D eigenvalue weighted by atomic mass is 35.5. The molecule has 0 bridgehead atoms. The van der Waals surface area contributed by atoms with Crippen LogP contribution in [0.15, 0.2) is 47.3 Å². The highest BCUT2D eigenvalue weighted by Crippen LogP contribution is 2.24. The molecule has 0 N–H and O–H groups in total. The highest BCUT2D eigenvalue weighted by molar-refractivity contribution is 6.31. The highest BCUT2D eigenvalue weighted by Gasteiger charge is 2.25. The molecule has 7 heteroatoms. The Hall–Kier alpha value is -2.08. The lowest BCUT2D eigenvalue weighted by Gasteiger charge is -2.39. The van der Waals surface area contributed by atoms with E-state index in [1.807, 2.05) is 18.2 Å². The fraction of sp³-hybridized carbons (Fsp3) is 0.333. The molecule has 1 unspecified atom stereocenters. The van der Waals surface area contributed by atoms with Crippen LogP contribution in [-0.4, -0.2) is 40.6 Å². The number of aromatic nitrogens is 2. The third-order valence-electron chi connectivity index (χ3n) is 5.50. The Kier molecular flexibility index (Phi) is 5.32. The summed E-state index contributed by atoms with van der Waals surface area (Å²) in [4.78, 5) is 22.3. The van der Waals surface area contributed by atoms with Crippen molar-refractivity contribution in [1.82, 2.24) is 14.5 Å². The maximum atomic E-state index is 12.8. The fourth-order valence-electron chi connectivity index (χ4n) is 3.82. The lowest BCUT2D eigenvalue weighted by molar-refractivity contribution is 0.188. The van der Waals surface area contributed by atoms with Crippen LogP contribution in [0.3, 0.4) is 0 Å². The molecule has 2 heterocycles. The van der Waals surface area contributed by atoms with Gasteiger partial charge in [0, 0.05) is 49.0 Å². The maximum Gasteiger partial charge on any atom is 0.261 e. The molecular weight excluding hydrogens is 395 g/mol. The number of hydrogen-bond donors (Lipinski definition) is 0. The van der Waals surface area contributed by atoms with Gasteiger partial charge in [0.1, 0.15) is 5.82 Å². The van der Waals surface area contributed by atoms with Crippen molar-refractivity contribution in [2.45, 2.75) is 13.0 Å². The van der Waals surface area contributed by atoms with Crippen LogP contribution < -0.4 is 10.5 Å². The smallest absolute Gasteiger partial charge is 0.261 e. The van der Waals surface area contributed by atoms with Gasteiger partial charge >= 0.3 is 0 Å². The second-order valence-electron chi connectivity index (χ2n) is 7.17. The molecule has 5 nitrogen and oxygen atoms in total. The Labute approximate surface area is 174 Å². The van der Waals surface area contributed by atoms with Gasteiger partial charge in [-0.2, -0.15) is 0 Å². The molecule has 1 saturated heterocycles. The number of fused-ring (bicyclic) bond motifs is 1. The van der Waals surface area contributed by atoms with E-state index in [1.54, 1.807) is 23.7 Å². The van der Waals surface area contributed by atoms with E-state index in [2.05, 4.69) is 28.9 Å². The first-order valence-electron chi connectivity index (χ1n) is 9.35. The van der Waals surface area contributed by atoms with Crippen LogP contribution >= 0.6 is 23.2 Å². The minimum atomic E-state index is -0.0610. The van der Waals surface area contributed by atoms with E-state index in [1.165, 1.54) is 5.69 Å². The maximum absolute atomic E-state index is 12.8. The topological polar surface area (TPSA) is 41.4 Å². The summed E-state index contributed by atoms with van der Waals surface area (Å²) >= 11 is 12.0. The van der Waals surface area contributed by atoms with E-state index >= 15 is 0 Å². The zero-order valence-corrected chi connectivity index (χ0v) is 17.4. The van der Waals surface area contributed by atoms with Gasteiger partial charge in [-0.15, -0.1) is 0 Å². The summed E-state index contributed by atoms with van der Waals surface area (Å²) in [5.41, 5.74) is 1.81.